The van der Waals surface area contributed by atoms with E-state index in [4.69, 9.17) is 0 Å². The largest absolute Gasteiger partial charge is 0.469 e. The lowest BCUT2D eigenvalue weighted by Gasteiger charge is -2.30. The molecule has 0 N–H and O–H groups in total. The average Bonchev–Trinajstić information content (AvgIpc) is 2.46. The van der Waals surface area contributed by atoms with Crippen LogP contribution in [-0.4, -0.2) is 38.9 Å². The van der Waals surface area contributed by atoms with Crippen molar-refractivity contribution in [3.05, 3.63) is 29.8 Å². The van der Waals surface area contributed by atoms with Gasteiger partial charge in [0.25, 0.3) is 0 Å². The molecular formula is C13H15F2NO4S. The molecule has 21 heavy (non-hydrogen) atoms. The summed E-state index contributed by atoms with van der Waals surface area (Å²) < 4.78 is 57.0. The minimum atomic E-state index is -4.10. The molecule has 116 valence electrons. The van der Waals surface area contributed by atoms with E-state index in [1.54, 1.807) is 0 Å². The smallest absolute Gasteiger partial charge is 0.309 e. The predicted octanol–water partition coefficient (Wildman–Crippen LogP) is 1.54. The lowest BCUT2D eigenvalue weighted by molar-refractivity contribution is -0.146. The summed E-state index contributed by atoms with van der Waals surface area (Å²) in [4.78, 5) is 10.9. The van der Waals surface area contributed by atoms with Crippen LogP contribution in [-0.2, 0) is 19.6 Å². The molecule has 1 aliphatic heterocycles. The van der Waals surface area contributed by atoms with Gasteiger partial charge in [-0.2, -0.15) is 4.31 Å². The average molecular weight is 319 g/mol. The van der Waals surface area contributed by atoms with Crippen molar-refractivity contribution in [1.82, 2.24) is 4.31 Å². The topological polar surface area (TPSA) is 63.7 Å². The van der Waals surface area contributed by atoms with Gasteiger partial charge in [0.05, 0.1) is 13.0 Å². The Kier molecular flexibility index (Phi) is 4.58. The van der Waals surface area contributed by atoms with E-state index in [2.05, 4.69) is 4.74 Å². The summed E-state index contributed by atoms with van der Waals surface area (Å²) >= 11 is 0. The summed E-state index contributed by atoms with van der Waals surface area (Å²) in [7, 11) is -2.87. The third-order valence-electron chi connectivity index (χ3n) is 3.43. The molecule has 5 nitrogen and oxygen atoms in total. The number of rotatable bonds is 3. The highest BCUT2D eigenvalue weighted by molar-refractivity contribution is 7.89. The predicted molar refractivity (Wildman–Crippen MR) is 69.9 cm³/mol. The van der Waals surface area contributed by atoms with Crippen LogP contribution in [0.5, 0.6) is 0 Å². The first-order chi connectivity index (χ1) is 9.86. The molecule has 8 heteroatoms. The van der Waals surface area contributed by atoms with Gasteiger partial charge in [-0.05, 0) is 25.0 Å². The number of nitrogens with zero attached hydrogens (tertiary/aromatic N) is 1. The van der Waals surface area contributed by atoms with Crippen LogP contribution < -0.4 is 0 Å². The van der Waals surface area contributed by atoms with Crippen LogP contribution in [0.4, 0.5) is 8.78 Å². The highest BCUT2D eigenvalue weighted by Crippen LogP contribution is 2.26. The number of carbonyl (C=O) groups is 1. The molecule has 0 bridgehead atoms. The number of benzene rings is 1. The van der Waals surface area contributed by atoms with E-state index in [9.17, 15) is 22.0 Å². The summed E-state index contributed by atoms with van der Waals surface area (Å²) in [6, 6.07) is 2.30. The van der Waals surface area contributed by atoms with Crippen molar-refractivity contribution >= 4 is 16.0 Å². The van der Waals surface area contributed by atoms with Crippen LogP contribution in [0, 0.1) is 17.6 Å². The maximum Gasteiger partial charge on any atom is 0.309 e. The van der Waals surface area contributed by atoms with Gasteiger partial charge in [-0.1, -0.05) is 0 Å². The molecule has 2 rings (SSSR count). The van der Waals surface area contributed by atoms with E-state index in [1.807, 2.05) is 0 Å². The maximum atomic E-state index is 13.7. The van der Waals surface area contributed by atoms with Gasteiger partial charge in [0.1, 0.15) is 16.5 Å². The number of esters is 1. The molecular weight excluding hydrogens is 304 g/mol. The van der Waals surface area contributed by atoms with Gasteiger partial charge in [0.15, 0.2) is 0 Å². The summed E-state index contributed by atoms with van der Waals surface area (Å²) in [6.07, 6.45) is 0.992. The van der Waals surface area contributed by atoms with Crippen LogP contribution in [0.1, 0.15) is 12.8 Å². The normalized spacial score (nSPS) is 20.2. The number of carbonyl (C=O) groups excluding carboxylic acids is 1. The van der Waals surface area contributed by atoms with Crippen molar-refractivity contribution in [3.8, 4) is 0 Å². The molecule has 0 aliphatic carbocycles. The fraction of sp³-hybridized carbons (Fsp3) is 0.462. The van der Waals surface area contributed by atoms with E-state index in [-0.39, 0.29) is 13.1 Å². The van der Waals surface area contributed by atoms with Crippen molar-refractivity contribution in [2.24, 2.45) is 5.92 Å². The second-order valence-corrected chi connectivity index (χ2v) is 6.71. The lowest BCUT2D eigenvalue weighted by atomic mass is 10.0. The zero-order valence-corrected chi connectivity index (χ0v) is 12.2. The van der Waals surface area contributed by atoms with Crippen LogP contribution in [0.25, 0.3) is 0 Å². The molecule has 1 fully saturated rings. The number of sulfonamides is 1. The molecule has 0 unspecified atom stereocenters. The Morgan fingerprint density at radius 3 is 2.71 bits per heavy atom. The number of piperidine rings is 1. The lowest BCUT2D eigenvalue weighted by Crippen LogP contribution is -2.42. The summed E-state index contributed by atoms with van der Waals surface area (Å²) in [5.74, 6) is -3.05. The van der Waals surface area contributed by atoms with Crippen molar-refractivity contribution < 1.29 is 26.7 Å². The molecule has 1 aromatic rings. The van der Waals surface area contributed by atoms with Gasteiger partial charge in [0, 0.05) is 19.2 Å². The second kappa shape index (κ2) is 6.07. The van der Waals surface area contributed by atoms with Crippen LogP contribution in [0.3, 0.4) is 0 Å². The van der Waals surface area contributed by atoms with Crippen molar-refractivity contribution in [3.63, 3.8) is 0 Å². The van der Waals surface area contributed by atoms with E-state index >= 15 is 0 Å². The Morgan fingerprint density at radius 1 is 1.38 bits per heavy atom. The van der Waals surface area contributed by atoms with Gasteiger partial charge in [0.2, 0.25) is 10.0 Å². The first-order valence-corrected chi connectivity index (χ1v) is 7.83. The highest BCUT2D eigenvalue weighted by Gasteiger charge is 2.35. The number of hydrogen-bond acceptors (Lipinski definition) is 4. The fourth-order valence-corrected chi connectivity index (χ4v) is 3.91. The Hall–Kier alpha value is -1.54. The molecule has 1 heterocycles. The summed E-state index contributed by atoms with van der Waals surface area (Å²) in [6.45, 7) is 0.123. The van der Waals surface area contributed by atoms with E-state index < -0.39 is 38.4 Å². The zero-order valence-electron chi connectivity index (χ0n) is 11.4. The third-order valence-corrected chi connectivity index (χ3v) is 5.33. The Morgan fingerprint density at radius 2 is 2.10 bits per heavy atom. The van der Waals surface area contributed by atoms with Gasteiger partial charge in [-0.25, -0.2) is 17.2 Å². The van der Waals surface area contributed by atoms with Crippen LogP contribution >= 0.6 is 0 Å². The minimum Gasteiger partial charge on any atom is -0.469 e. The molecule has 0 saturated carbocycles. The molecule has 1 atom stereocenters. The Bertz CT molecular complexity index is 648. The molecule has 0 radical (unpaired) electrons. The zero-order chi connectivity index (χ0) is 15.6. The molecule has 0 amide bonds. The maximum absolute atomic E-state index is 13.7. The molecule has 1 aromatic carbocycles. The summed E-state index contributed by atoms with van der Waals surface area (Å²) in [5, 5.41) is 0. The monoisotopic (exact) mass is 319 g/mol. The van der Waals surface area contributed by atoms with Gasteiger partial charge in [-0.3, -0.25) is 4.79 Å². The highest BCUT2D eigenvalue weighted by atomic mass is 32.2. The Balaban J connectivity index is 2.28. The van der Waals surface area contributed by atoms with Gasteiger partial charge >= 0.3 is 5.97 Å². The number of ether oxygens (including phenoxy) is 1. The molecule has 0 spiro atoms. The number of methoxy groups -OCH3 is 1. The van der Waals surface area contributed by atoms with Gasteiger partial charge in [-0.15, -0.1) is 0 Å². The molecule has 1 saturated heterocycles. The first kappa shape index (κ1) is 15.8. The molecule has 0 aromatic heterocycles. The van der Waals surface area contributed by atoms with Gasteiger partial charge < -0.3 is 4.74 Å². The Labute approximate surface area is 121 Å². The summed E-state index contributed by atoms with van der Waals surface area (Å²) in [5.41, 5.74) is 0. The number of halogens is 2. The van der Waals surface area contributed by atoms with Crippen molar-refractivity contribution in [1.29, 1.82) is 0 Å². The quantitative estimate of drug-likeness (QED) is 0.793. The molecule has 1 aliphatic rings. The third kappa shape index (κ3) is 3.21. The van der Waals surface area contributed by atoms with E-state index in [1.165, 1.54) is 7.11 Å². The van der Waals surface area contributed by atoms with E-state index in [0.717, 1.165) is 16.4 Å². The minimum absolute atomic E-state index is 0.0637. The van der Waals surface area contributed by atoms with Crippen molar-refractivity contribution in [2.45, 2.75) is 17.7 Å². The SMILES string of the molecule is COC(=O)[C@H]1CCCN(S(=O)(=O)c2ccc(F)cc2F)C1. The fourth-order valence-electron chi connectivity index (χ4n) is 2.34. The van der Waals surface area contributed by atoms with Crippen LogP contribution in [0.15, 0.2) is 23.1 Å². The van der Waals surface area contributed by atoms with E-state index in [0.29, 0.717) is 18.9 Å². The standard InChI is InChI=1S/C13H15F2NO4S/c1-20-13(17)9-3-2-6-16(8-9)21(18,19)12-5-4-10(14)7-11(12)15/h4-5,7,9H,2-3,6,8H2,1H3/t9-/m0/s1. The second-order valence-electron chi connectivity index (χ2n) is 4.80. The van der Waals surface area contributed by atoms with Crippen molar-refractivity contribution in [2.75, 3.05) is 20.2 Å². The first-order valence-electron chi connectivity index (χ1n) is 6.39. The number of hydrogen-bond donors (Lipinski definition) is 0. The van der Waals surface area contributed by atoms with Crippen LogP contribution in [0.2, 0.25) is 0 Å².